The third kappa shape index (κ3) is 3.94. The number of anilines is 1. The minimum Gasteiger partial charge on any atom is -0.490 e. The van der Waals surface area contributed by atoms with Gasteiger partial charge in [0.15, 0.2) is 17.5 Å². The van der Waals surface area contributed by atoms with Gasteiger partial charge in [-0.1, -0.05) is 0 Å². The van der Waals surface area contributed by atoms with Crippen molar-refractivity contribution in [2.75, 3.05) is 18.5 Å². The summed E-state index contributed by atoms with van der Waals surface area (Å²) >= 11 is 0. The van der Waals surface area contributed by atoms with Gasteiger partial charge in [-0.15, -0.1) is 0 Å². The molecule has 1 aromatic heterocycles. The molecule has 0 saturated heterocycles. The lowest BCUT2D eigenvalue weighted by Crippen LogP contribution is -2.22. The number of aromatic nitrogens is 2. The number of hydrogen-bond donors (Lipinski definition) is 2. The smallest absolute Gasteiger partial charge is 0.193 e. The predicted molar refractivity (Wildman–Crippen MR) is 88.9 cm³/mol. The lowest BCUT2D eigenvalue weighted by atomic mass is 10.3. The average molecular weight is 315 g/mol. The van der Waals surface area contributed by atoms with Crippen LogP contribution in [0.3, 0.4) is 0 Å². The monoisotopic (exact) mass is 315 g/mol. The summed E-state index contributed by atoms with van der Waals surface area (Å²) < 4.78 is 13.1. The number of aryl methyl sites for hydroxylation is 1. The lowest BCUT2D eigenvalue weighted by Gasteiger charge is -2.10. The number of aliphatic imine (C=N–C) groups is 1. The number of guanidine groups is 1. The van der Waals surface area contributed by atoms with Crippen molar-refractivity contribution >= 4 is 11.6 Å². The first-order chi connectivity index (χ1) is 11.2. The summed E-state index contributed by atoms with van der Waals surface area (Å²) in [5.74, 6) is 1.82. The number of fused-ring (bicyclic) bond motifs is 1. The Morgan fingerprint density at radius 3 is 2.91 bits per heavy atom. The molecule has 1 aliphatic rings. The van der Waals surface area contributed by atoms with E-state index >= 15 is 0 Å². The fourth-order valence-corrected chi connectivity index (χ4v) is 2.26. The van der Waals surface area contributed by atoms with Crippen LogP contribution < -0.4 is 20.5 Å². The number of ether oxygens (including phenoxy) is 2. The van der Waals surface area contributed by atoms with E-state index < -0.39 is 0 Å². The summed E-state index contributed by atoms with van der Waals surface area (Å²) in [6.45, 7) is 4.65. The molecule has 1 aromatic carbocycles. The topological polar surface area (TPSA) is 86.7 Å². The molecule has 0 saturated carbocycles. The Morgan fingerprint density at radius 1 is 1.30 bits per heavy atom. The molecule has 0 radical (unpaired) electrons. The van der Waals surface area contributed by atoms with Crippen molar-refractivity contribution in [2.45, 2.75) is 26.4 Å². The van der Waals surface area contributed by atoms with Crippen LogP contribution in [-0.2, 0) is 13.1 Å². The van der Waals surface area contributed by atoms with E-state index in [1.165, 1.54) is 0 Å². The van der Waals surface area contributed by atoms with Gasteiger partial charge in [-0.2, -0.15) is 5.10 Å². The molecule has 1 aliphatic heterocycles. The minimum absolute atomic E-state index is 0.338. The number of nitrogens with one attached hydrogen (secondary N) is 1. The maximum Gasteiger partial charge on any atom is 0.193 e. The molecule has 0 fully saturated rings. The summed E-state index contributed by atoms with van der Waals surface area (Å²) in [6.07, 6.45) is 2.81. The minimum atomic E-state index is 0.338. The Bertz CT molecular complexity index is 696. The highest BCUT2D eigenvalue weighted by Gasteiger charge is 2.10. The van der Waals surface area contributed by atoms with Crippen molar-refractivity contribution in [3.8, 4) is 11.5 Å². The molecule has 0 unspecified atom stereocenters. The van der Waals surface area contributed by atoms with Crippen molar-refractivity contribution in [3.05, 3.63) is 36.2 Å². The van der Waals surface area contributed by atoms with E-state index in [0.29, 0.717) is 25.7 Å². The third-order valence-corrected chi connectivity index (χ3v) is 3.45. The van der Waals surface area contributed by atoms with Gasteiger partial charge < -0.3 is 20.5 Å². The Labute approximate surface area is 135 Å². The van der Waals surface area contributed by atoms with Crippen molar-refractivity contribution in [1.82, 2.24) is 9.78 Å². The fraction of sp³-hybridized carbons (Fsp3) is 0.375. The first-order valence-electron chi connectivity index (χ1n) is 7.73. The standard InChI is InChI=1S/C16H21N5O2/c1-2-21-7-6-13(20-21)11-18-16(17)19-12-4-5-14-15(10-12)23-9-3-8-22-14/h4-7,10H,2-3,8-9,11H2,1H3,(H3,17,18,19). The second-order valence-corrected chi connectivity index (χ2v) is 5.20. The van der Waals surface area contributed by atoms with Gasteiger partial charge in [0.2, 0.25) is 0 Å². The van der Waals surface area contributed by atoms with Crippen LogP contribution in [0.15, 0.2) is 35.5 Å². The van der Waals surface area contributed by atoms with Crippen LogP contribution in [0.2, 0.25) is 0 Å². The van der Waals surface area contributed by atoms with E-state index in [0.717, 1.165) is 35.8 Å². The zero-order chi connectivity index (χ0) is 16.1. The van der Waals surface area contributed by atoms with Crippen molar-refractivity contribution in [1.29, 1.82) is 0 Å². The van der Waals surface area contributed by atoms with Crippen molar-refractivity contribution < 1.29 is 9.47 Å². The summed E-state index contributed by atoms with van der Waals surface area (Å²) in [7, 11) is 0. The number of rotatable bonds is 4. The summed E-state index contributed by atoms with van der Waals surface area (Å²) in [4.78, 5) is 4.30. The molecule has 0 aliphatic carbocycles. The molecule has 122 valence electrons. The van der Waals surface area contributed by atoms with Crippen molar-refractivity contribution in [3.63, 3.8) is 0 Å². The Morgan fingerprint density at radius 2 is 2.13 bits per heavy atom. The van der Waals surface area contributed by atoms with Gasteiger partial charge in [0.25, 0.3) is 0 Å². The molecule has 0 amide bonds. The number of hydrogen-bond acceptors (Lipinski definition) is 4. The molecule has 23 heavy (non-hydrogen) atoms. The number of nitrogens with two attached hydrogens (primary N) is 1. The second-order valence-electron chi connectivity index (χ2n) is 5.20. The number of nitrogens with zero attached hydrogens (tertiary/aromatic N) is 3. The van der Waals surface area contributed by atoms with E-state index in [-0.39, 0.29) is 0 Å². The third-order valence-electron chi connectivity index (χ3n) is 3.45. The van der Waals surface area contributed by atoms with Crippen LogP contribution in [-0.4, -0.2) is 29.0 Å². The zero-order valence-electron chi connectivity index (χ0n) is 13.2. The van der Waals surface area contributed by atoms with Crippen LogP contribution in [0.25, 0.3) is 0 Å². The molecule has 7 nitrogen and oxygen atoms in total. The van der Waals surface area contributed by atoms with E-state index in [1.807, 2.05) is 42.1 Å². The molecule has 3 rings (SSSR count). The van der Waals surface area contributed by atoms with Crippen LogP contribution in [0.4, 0.5) is 5.69 Å². The maximum absolute atomic E-state index is 5.93. The van der Waals surface area contributed by atoms with E-state index in [1.54, 1.807) is 0 Å². The zero-order valence-corrected chi connectivity index (χ0v) is 13.2. The largest absolute Gasteiger partial charge is 0.490 e. The van der Waals surface area contributed by atoms with Gasteiger partial charge in [-0.3, -0.25) is 4.68 Å². The van der Waals surface area contributed by atoms with Crippen LogP contribution >= 0.6 is 0 Å². The molecular weight excluding hydrogens is 294 g/mol. The van der Waals surface area contributed by atoms with Gasteiger partial charge in [0, 0.05) is 30.9 Å². The van der Waals surface area contributed by atoms with Gasteiger partial charge in [-0.05, 0) is 25.1 Å². The summed E-state index contributed by atoms with van der Waals surface area (Å²) in [6, 6.07) is 7.57. The van der Waals surface area contributed by atoms with E-state index in [9.17, 15) is 0 Å². The Hall–Kier alpha value is -2.70. The summed E-state index contributed by atoms with van der Waals surface area (Å²) in [5.41, 5.74) is 7.63. The van der Waals surface area contributed by atoms with E-state index in [4.69, 9.17) is 15.2 Å². The Balaban J connectivity index is 1.63. The van der Waals surface area contributed by atoms with Crippen LogP contribution in [0, 0.1) is 0 Å². The number of benzene rings is 1. The molecule has 3 N–H and O–H groups in total. The molecular formula is C16H21N5O2. The van der Waals surface area contributed by atoms with Gasteiger partial charge in [0.05, 0.1) is 25.5 Å². The highest BCUT2D eigenvalue weighted by atomic mass is 16.5. The molecule has 0 atom stereocenters. The van der Waals surface area contributed by atoms with Crippen molar-refractivity contribution in [2.24, 2.45) is 10.7 Å². The average Bonchev–Trinajstić information content (AvgIpc) is 2.90. The van der Waals surface area contributed by atoms with Crippen LogP contribution in [0.1, 0.15) is 19.0 Å². The molecule has 0 bridgehead atoms. The maximum atomic E-state index is 5.93. The first-order valence-corrected chi connectivity index (χ1v) is 7.73. The normalized spacial score (nSPS) is 14.4. The highest BCUT2D eigenvalue weighted by molar-refractivity contribution is 5.92. The quantitative estimate of drug-likeness (QED) is 0.665. The highest BCUT2D eigenvalue weighted by Crippen LogP contribution is 2.32. The first kappa shape index (κ1) is 15.2. The SMILES string of the molecule is CCn1ccc(CN=C(N)Nc2ccc3c(c2)OCCCO3)n1. The fourth-order valence-electron chi connectivity index (χ4n) is 2.26. The molecule has 0 spiro atoms. The molecule has 2 aromatic rings. The summed E-state index contributed by atoms with van der Waals surface area (Å²) in [5, 5.41) is 7.43. The Kier molecular flexibility index (Phi) is 4.65. The van der Waals surface area contributed by atoms with Crippen LogP contribution in [0.5, 0.6) is 11.5 Å². The second kappa shape index (κ2) is 7.04. The lowest BCUT2D eigenvalue weighted by molar-refractivity contribution is 0.297. The van der Waals surface area contributed by atoms with Gasteiger partial charge in [0.1, 0.15) is 0 Å². The van der Waals surface area contributed by atoms with Gasteiger partial charge in [-0.25, -0.2) is 4.99 Å². The van der Waals surface area contributed by atoms with E-state index in [2.05, 4.69) is 15.4 Å². The molecule has 2 heterocycles. The van der Waals surface area contributed by atoms with Gasteiger partial charge >= 0.3 is 0 Å². The predicted octanol–water partition coefficient (Wildman–Crippen LogP) is 1.99. The molecule has 7 heteroatoms.